The van der Waals surface area contributed by atoms with Crippen molar-refractivity contribution >= 4 is 39.8 Å². The number of hydrogen-bond donors (Lipinski definition) is 2. The summed E-state index contributed by atoms with van der Waals surface area (Å²) in [4.78, 5) is 27.8. The summed E-state index contributed by atoms with van der Waals surface area (Å²) < 4.78 is 6.07. The first-order valence-corrected chi connectivity index (χ1v) is 14.0. The van der Waals surface area contributed by atoms with Crippen LogP contribution in [0.5, 0.6) is 6.01 Å². The van der Waals surface area contributed by atoms with Gasteiger partial charge >= 0.3 is 6.01 Å². The van der Waals surface area contributed by atoms with Gasteiger partial charge in [0.15, 0.2) is 0 Å². The fourth-order valence-corrected chi connectivity index (χ4v) is 6.29. The van der Waals surface area contributed by atoms with Crippen LogP contribution in [0.4, 0.5) is 11.5 Å². The number of nitrogens with one attached hydrogen (secondary N) is 1. The Kier molecular flexibility index (Phi) is 7.36. The van der Waals surface area contributed by atoms with Gasteiger partial charge in [0, 0.05) is 55.9 Å². The second-order valence-corrected chi connectivity index (χ2v) is 11.1. The zero-order valence-corrected chi connectivity index (χ0v) is 23.1. The minimum Gasteiger partial charge on any atom is -0.461 e. The Hall–Kier alpha value is -3.65. The molecule has 40 heavy (non-hydrogen) atoms. The maximum atomic E-state index is 12.1. The van der Waals surface area contributed by atoms with Gasteiger partial charge in [0.2, 0.25) is 5.91 Å². The summed E-state index contributed by atoms with van der Waals surface area (Å²) in [7, 11) is 1.68. The van der Waals surface area contributed by atoms with Crippen LogP contribution in [-0.4, -0.2) is 83.9 Å². The number of nitrogens with zero attached hydrogens (tertiary/aromatic N) is 6. The standard InChI is InChI=1S/C29H32ClN7O3/c1-35-24(25(38)14-26(35)39)17-40-29-33-22-16-36(23-7-3-5-18-4-2-6-21(30)27(18)23)12-9-20(22)28(34-29)37-13-11-32-19(15-37)8-10-31/h2-7,19,24-25,32,38H,8-9,11-17H2,1H3/t19-,24?,25+/m0/s1. The summed E-state index contributed by atoms with van der Waals surface area (Å²) in [5.74, 6) is 0.721. The van der Waals surface area contributed by atoms with Crippen LogP contribution in [0.2, 0.25) is 5.02 Å². The second kappa shape index (κ2) is 11.1. The highest BCUT2D eigenvalue weighted by Gasteiger charge is 2.37. The van der Waals surface area contributed by atoms with Crippen molar-refractivity contribution in [1.29, 1.82) is 5.26 Å². The zero-order valence-electron chi connectivity index (χ0n) is 22.4. The summed E-state index contributed by atoms with van der Waals surface area (Å²) in [6, 6.07) is 14.2. The monoisotopic (exact) mass is 561 g/mol. The average Bonchev–Trinajstić information content (AvgIpc) is 3.21. The largest absolute Gasteiger partial charge is 0.461 e. The normalized spacial score (nSPS) is 22.9. The van der Waals surface area contributed by atoms with Gasteiger partial charge in [0.1, 0.15) is 12.4 Å². The number of ether oxygens (including phenoxy) is 1. The highest BCUT2D eigenvalue weighted by Crippen LogP contribution is 2.37. The minimum absolute atomic E-state index is 0.0555. The number of halogens is 1. The van der Waals surface area contributed by atoms with Gasteiger partial charge in [-0.25, -0.2) is 0 Å². The molecule has 2 fully saturated rings. The van der Waals surface area contributed by atoms with Crippen molar-refractivity contribution in [2.45, 2.75) is 44.0 Å². The molecule has 1 unspecified atom stereocenters. The quantitative estimate of drug-likeness (QED) is 0.468. The van der Waals surface area contributed by atoms with Crippen molar-refractivity contribution in [3.8, 4) is 12.1 Å². The van der Waals surface area contributed by atoms with E-state index in [0.29, 0.717) is 24.5 Å². The second-order valence-electron chi connectivity index (χ2n) is 10.7. The molecule has 0 spiro atoms. The molecule has 1 aromatic heterocycles. The number of aliphatic hydroxyl groups is 1. The lowest BCUT2D eigenvalue weighted by atomic mass is 10.0. The number of nitriles is 1. The van der Waals surface area contributed by atoms with Crippen molar-refractivity contribution in [3.05, 3.63) is 52.7 Å². The van der Waals surface area contributed by atoms with Crippen LogP contribution in [0, 0.1) is 11.3 Å². The average molecular weight is 562 g/mol. The van der Waals surface area contributed by atoms with E-state index in [4.69, 9.17) is 26.3 Å². The molecule has 10 nitrogen and oxygen atoms in total. The van der Waals surface area contributed by atoms with E-state index in [-0.39, 0.29) is 31.0 Å². The Morgan fingerprint density at radius 2 is 2.02 bits per heavy atom. The molecule has 0 aliphatic carbocycles. The van der Waals surface area contributed by atoms with E-state index < -0.39 is 12.1 Å². The number of likely N-dealkylation sites (N-methyl/N-ethyl adjacent to an activating group) is 1. The Balaban J connectivity index is 1.34. The van der Waals surface area contributed by atoms with E-state index in [1.807, 2.05) is 18.2 Å². The fraction of sp³-hybridized carbons (Fsp3) is 0.448. The fourth-order valence-electron chi connectivity index (χ4n) is 6.01. The summed E-state index contributed by atoms with van der Waals surface area (Å²) in [5, 5.41) is 25.9. The van der Waals surface area contributed by atoms with Gasteiger partial charge < -0.3 is 29.9 Å². The molecule has 208 valence electrons. The van der Waals surface area contributed by atoms with Crippen molar-refractivity contribution in [1.82, 2.24) is 20.2 Å². The highest BCUT2D eigenvalue weighted by atomic mass is 35.5. The van der Waals surface area contributed by atoms with Crippen LogP contribution < -0.4 is 19.9 Å². The van der Waals surface area contributed by atoms with Crippen molar-refractivity contribution in [3.63, 3.8) is 0 Å². The smallest absolute Gasteiger partial charge is 0.318 e. The molecule has 3 aromatic rings. The number of aliphatic hydroxyl groups excluding tert-OH is 1. The molecule has 0 saturated carbocycles. The summed E-state index contributed by atoms with van der Waals surface area (Å²) in [6.45, 7) is 3.61. The van der Waals surface area contributed by atoms with Crippen LogP contribution in [-0.2, 0) is 17.8 Å². The number of amides is 1. The molecular weight excluding hydrogens is 530 g/mol. The number of benzene rings is 2. The Labute approximate surface area is 238 Å². The molecule has 3 aliphatic heterocycles. The number of anilines is 2. The maximum absolute atomic E-state index is 12.1. The molecule has 3 atom stereocenters. The van der Waals surface area contributed by atoms with Crippen LogP contribution in [0.1, 0.15) is 24.1 Å². The lowest BCUT2D eigenvalue weighted by Crippen LogP contribution is -2.51. The molecule has 6 rings (SSSR count). The Morgan fingerprint density at radius 1 is 1.20 bits per heavy atom. The lowest BCUT2D eigenvalue weighted by molar-refractivity contribution is -0.127. The number of carbonyl (C=O) groups excluding carboxylic acids is 1. The van der Waals surface area contributed by atoms with Gasteiger partial charge in [-0.2, -0.15) is 15.2 Å². The Bertz CT molecular complexity index is 1470. The first-order valence-electron chi connectivity index (χ1n) is 13.7. The van der Waals surface area contributed by atoms with Gasteiger partial charge in [-0.05, 0) is 23.9 Å². The SMILES string of the molecule is CN1C(=O)C[C@@H](O)C1COc1nc2c(c(N3CCN[C@@H](CC#N)C3)n1)CCN(c1cccc3cccc(Cl)c13)C2. The third kappa shape index (κ3) is 5.01. The molecule has 0 radical (unpaired) electrons. The molecule has 4 heterocycles. The number of hydrogen-bond acceptors (Lipinski definition) is 9. The molecule has 2 aromatic carbocycles. The van der Waals surface area contributed by atoms with Crippen LogP contribution in [0.3, 0.4) is 0 Å². The maximum Gasteiger partial charge on any atom is 0.318 e. The number of aromatic nitrogens is 2. The molecular formula is C29H32ClN7O3. The third-order valence-electron chi connectivity index (χ3n) is 8.19. The van der Waals surface area contributed by atoms with Crippen molar-refractivity contribution < 1.29 is 14.6 Å². The van der Waals surface area contributed by atoms with Gasteiger partial charge in [0.25, 0.3) is 0 Å². The first-order chi connectivity index (χ1) is 19.4. The van der Waals surface area contributed by atoms with Gasteiger partial charge in [-0.1, -0.05) is 35.9 Å². The van der Waals surface area contributed by atoms with Gasteiger partial charge in [-0.3, -0.25) is 4.79 Å². The number of piperazine rings is 1. The molecule has 0 bridgehead atoms. The van der Waals surface area contributed by atoms with Gasteiger partial charge in [0.05, 0.1) is 48.3 Å². The summed E-state index contributed by atoms with van der Waals surface area (Å²) >= 11 is 6.65. The van der Waals surface area contributed by atoms with Crippen LogP contribution in [0.15, 0.2) is 36.4 Å². The minimum atomic E-state index is -0.791. The van der Waals surface area contributed by atoms with Gasteiger partial charge in [-0.15, -0.1) is 0 Å². The van der Waals surface area contributed by atoms with E-state index in [9.17, 15) is 15.2 Å². The molecule has 3 aliphatic rings. The zero-order chi connectivity index (χ0) is 27.8. The number of rotatable bonds is 6. The van der Waals surface area contributed by atoms with E-state index in [1.54, 1.807) is 7.05 Å². The molecule has 11 heteroatoms. The lowest BCUT2D eigenvalue weighted by Gasteiger charge is -2.37. The van der Waals surface area contributed by atoms with Crippen molar-refractivity contribution in [2.24, 2.45) is 0 Å². The first kappa shape index (κ1) is 26.6. The predicted molar refractivity (Wildman–Crippen MR) is 153 cm³/mol. The summed E-state index contributed by atoms with van der Waals surface area (Å²) in [6.07, 6.45) is 0.464. The number of fused-ring (bicyclic) bond motifs is 2. The van der Waals surface area contributed by atoms with Crippen LogP contribution >= 0.6 is 11.6 Å². The number of likely N-dealkylation sites (tertiary alicyclic amines) is 1. The van der Waals surface area contributed by atoms with E-state index in [0.717, 1.165) is 59.6 Å². The Morgan fingerprint density at radius 3 is 2.80 bits per heavy atom. The van der Waals surface area contributed by atoms with E-state index in [2.05, 4.69) is 39.4 Å². The molecule has 1 amide bonds. The van der Waals surface area contributed by atoms with Crippen LogP contribution in [0.25, 0.3) is 10.8 Å². The van der Waals surface area contributed by atoms with E-state index >= 15 is 0 Å². The van der Waals surface area contributed by atoms with E-state index in [1.165, 1.54) is 4.90 Å². The topological polar surface area (TPSA) is 118 Å². The summed E-state index contributed by atoms with van der Waals surface area (Å²) in [5.41, 5.74) is 3.02. The predicted octanol–water partition coefficient (Wildman–Crippen LogP) is 2.51. The third-order valence-corrected chi connectivity index (χ3v) is 8.50. The molecule has 2 N–H and O–H groups in total. The van der Waals surface area contributed by atoms with Crippen molar-refractivity contribution in [2.75, 3.05) is 49.6 Å². The highest BCUT2D eigenvalue weighted by molar-refractivity contribution is 6.36. The number of carbonyl (C=O) groups is 1. The molecule has 2 saturated heterocycles.